The van der Waals surface area contributed by atoms with Gasteiger partial charge in [-0.05, 0) is 42.2 Å². The van der Waals surface area contributed by atoms with Crippen molar-refractivity contribution in [1.82, 2.24) is 4.90 Å². The summed E-state index contributed by atoms with van der Waals surface area (Å²) in [5.41, 5.74) is 3.91. The molecule has 0 aliphatic carbocycles. The van der Waals surface area contributed by atoms with Gasteiger partial charge in [0.05, 0.1) is 13.2 Å². The zero-order valence-electron chi connectivity index (χ0n) is 16.8. The van der Waals surface area contributed by atoms with E-state index in [-0.39, 0.29) is 18.0 Å². The molecule has 3 amide bonds. The Balaban J connectivity index is 1.41. The van der Waals surface area contributed by atoms with E-state index in [1.807, 2.05) is 24.3 Å². The Kier molecular flexibility index (Phi) is 5.81. The molecule has 6 heteroatoms. The molecule has 2 aromatic carbocycles. The van der Waals surface area contributed by atoms with Crippen LogP contribution in [0.2, 0.25) is 0 Å². The van der Waals surface area contributed by atoms with Crippen LogP contribution in [0.25, 0.3) is 0 Å². The van der Waals surface area contributed by atoms with Gasteiger partial charge in [-0.15, -0.1) is 0 Å². The standard InChI is InChI=1S/C23H27N3O3/c1-2-17-8-10-18(11-9-17)21-16-25(13-14-29-21)23(28)24-19-5-3-6-20(15-19)26-12-4-7-22(26)27/h3,5-6,8-11,15,21H,2,4,7,12-14,16H2,1H3,(H,24,28). The Morgan fingerprint density at radius 3 is 2.72 bits per heavy atom. The number of benzene rings is 2. The number of carbonyl (C=O) groups excluding carboxylic acids is 2. The molecule has 2 aliphatic heterocycles. The van der Waals surface area contributed by atoms with Crippen LogP contribution in [0.5, 0.6) is 0 Å². The Labute approximate surface area is 171 Å². The maximum atomic E-state index is 12.8. The number of hydrogen-bond acceptors (Lipinski definition) is 3. The zero-order valence-corrected chi connectivity index (χ0v) is 16.8. The van der Waals surface area contributed by atoms with Crippen molar-refractivity contribution in [3.63, 3.8) is 0 Å². The van der Waals surface area contributed by atoms with Crippen LogP contribution in [0.15, 0.2) is 48.5 Å². The van der Waals surface area contributed by atoms with Crippen molar-refractivity contribution >= 4 is 23.3 Å². The van der Waals surface area contributed by atoms with Crippen LogP contribution < -0.4 is 10.2 Å². The second-order valence-corrected chi connectivity index (χ2v) is 7.53. The van der Waals surface area contributed by atoms with E-state index in [9.17, 15) is 9.59 Å². The molecule has 2 aromatic rings. The van der Waals surface area contributed by atoms with Gasteiger partial charge in [-0.1, -0.05) is 37.3 Å². The molecule has 152 valence electrons. The Morgan fingerprint density at radius 1 is 1.17 bits per heavy atom. The van der Waals surface area contributed by atoms with E-state index in [0.717, 1.165) is 30.6 Å². The number of ether oxygens (including phenoxy) is 1. The molecule has 2 aliphatic rings. The first-order valence-corrected chi connectivity index (χ1v) is 10.3. The number of anilines is 2. The van der Waals surface area contributed by atoms with Gasteiger partial charge in [0.15, 0.2) is 0 Å². The van der Waals surface area contributed by atoms with Crippen molar-refractivity contribution in [3.05, 3.63) is 59.7 Å². The number of urea groups is 1. The highest BCUT2D eigenvalue weighted by Crippen LogP contribution is 2.26. The fourth-order valence-electron chi connectivity index (χ4n) is 3.88. The molecule has 6 nitrogen and oxygen atoms in total. The molecular weight excluding hydrogens is 366 g/mol. The van der Waals surface area contributed by atoms with E-state index >= 15 is 0 Å². The summed E-state index contributed by atoms with van der Waals surface area (Å²) >= 11 is 0. The van der Waals surface area contributed by atoms with Crippen LogP contribution in [0.4, 0.5) is 16.2 Å². The quantitative estimate of drug-likeness (QED) is 0.855. The summed E-state index contributed by atoms with van der Waals surface area (Å²) in [6.07, 6.45) is 2.35. The molecule has 0 aromatic heterocycles. The van der Waals surface area contributed by atoms with Crippen molar-refractivity contribution in [2.24, 2.45) is 0 Å². The van der Waals surface area contributed by atoms with Gasteiger partial charge in [0.25, 0.3) is 0 Å². The van der Waals surface area contributed by atoms with E-state index in [0.29, 0.717) is 31.8 Å². The number of amides is 3. The Hall–Kier alpha value is -2.86. The number of nitrogens with one attached hydrogen (secondary N) is 1. The summed E-state index contributed by atoms with van der Waals surface area (Å²) in [5.74, 6) is 0.138. The lowest BCUT2D eigenvalue weighted by atomic mass is 10.0. The van der Waals surface area contributed by atoms with Crippen LogP contribution in [0, 0.1) is 0 Å². The average molecular weight is 393 g/mol. The lowest BCUT2D eigenvalue weighted by Gasteiger charge is -2.33. The van der Waals surface area contributed by atoms with E-state index in [1.165, 1.54) is 5.56 Å². The predicted octanol–water partition coefficient (Wildman–Crippen LogP) is 3.98. The third kappa shape index (κ3) is 4.43. The summed E-state index contributed by atoms with van der Waals surface area (Å²) in [6, 6.07) is 15.7. The SMILES string of the molecule is CCc1ccc(C2CN(C(=O)Nc3cccc(N4CCCC4=O)c3)CCO2)cc1. The minimum absolute atomic E-state index is 0.117. The van der Waals surface area contributed by atoms with Gasteiger partial charge in [-0.2, -0.15) is 0 Å². The Morgan fingerprint density at radius 2 is 2.00 bits per heavy atom. The fourth-order valence-corrected chi connectivity index (χ4v) is 3.88. The maximum Gasteiger partial charge on any atom is 0.322 e. The van der Waals surface area contributed by atoms with Crippen LogP contribution >= 0.6 is 0 Å². The highest BCUT2D eigenvalue weighted by Gasteiger charge is 2.26. The van der Waals surface area contributed by atoms with Gasteiger partial charge >= 0.3 is 6.03 Å². The summed E-state index contributed by atoms with van der Waals surface area (Å²) < 4.78 is 5.90. The first-order valence-electron chi connectivity index (χ1n) is 10.3. The van der Waals surface area contributed by atoms with Gasteiger partial charge in [-0.3, -0.25) is 4.79 Å². The molecule has 4 rings (SSSR count). The van der Waals surface area contributed by atoms with Crippen molar-refractivity contribution < 1.29 is 14.3 Å². The monoisotopic (exact) mass is 393 g/mol. The summed E-state index contributed by atoms with van der Waals surface area (Å²) in [4.78, 5) is 28.4. The normalized spacial score (nSPS) is 19.5. The number of aryl methyl sites for hydroxylation is 1. The maximum absolute atomic E-state index is 12.8. The van der Waals surface area contributed by atoms with Crippen LogP contribution in [-0.4, -0.2) is 43.1 Å². The molecule has 1 atom stereocenters. The van der Waals surface area contributed by atoms with Crippen LogP contribution in [0.1, 0.15) is 37.0 Å². The van der Waals surface area contributed by atoms with E-state index in [4.69, 9.17) is 4.74 Å². The third-order valence-electron chi connectivity index (χ3n) is 5.60. The second kappa shape index (κ2) is 8.66. The molecule has 0 spiro atoms. The lowest BCUT2D eigenvalue weighted by Crippen LogP contribution is -2.44. The molecule has 0 saturated carbocycles. The van der Waals surface area contributed by atoms with Gasteiger partial charge in [0.1, 0.15) is 6.10 Å². The molecule has 0 bridgehead atoms. The van der Waals surface area contributed by atoms with Crippen molar-refractivity contribution in [2.75, 3.05) is 36.5 Å². The highest BCUT2D eigenvalue weighted by atomic mass is 16.5. The van der Waals surface area contributed by atoms with Gasteiger partial charge in [-0.25, -0.2) is 4.79 Å². The van der Waals surface area contributed by atoms with Gasteiger partial charge in [0.2, 0.25) is 5.91 Å². The average Bonchev–Trinajstić information content (AvgIpc) is 3.20. The minimum Gasteiger partial charge on any atom is -0.370 e. The smallest absolute Gasteiger partial charge is 0.322 e. The molecule has 1 N–H and O–H groups in total. The Bertz CT molecular complexity index is 881. The van der Waals surface area contributed by atoms with Gasteiger partial charge in [0, 0.05) is 30.9 Å². The summed E-state index contributed by atoms with van der Waals surface area (Å²) in [5, 5.41) is 2.97. The van der Waals surface area contributed by atoms with Gasteiger partial charge < -0.3 is 19.9 Å². The summed E-state index contributed by atoms with van der Waals surface area (Å²) in [7, 11) is 0. The minimum atomic E-state index is -0.145. The van der Waals surface area contributed by atoms with Crippen LogP contribution in [-0.2, 0) is 16.0 Å². The number of nitrogens with zero attached hydrogens (tertiary/aromatic N) is 2. The third-order valence-corrected chi connectivity index (χ3v) is 5.60. The molecule has 29 heavy (non-hydrogen) atoms. The van der Waals surface area contributed by atoms with E-state index < -0.39 is 0 Å². The molecule has 1 unspecified atom stereocenters. The summed E-state index contributed by atoms with van der Waals surface area (Å²) in [6.45, 7) is 4.45. The fraction of sp³-hybridized carbons (Fsp3) is 0.391. The van der Waals surface area contributed by atoms with Crippen molar-refractivity contribution in [1.29, 1.82) is 0 Å². The van der Waals surface area contributed by atoms with Crippen LogP contribution in [0.3, 0.4) is 0 Å². The molecule has 2 fully saturated rings. The number of carbonyl (C=O) groups is 2. The zero-order chi connectivity index (χ0) is 20.2. The molecule has 2 heterocycles. The molecule has 2 saturated heterocycles. The number of hydrogen-bond donors (Lipinski definition) is 1. The number of morpholine rings is 1. The van der Waals surface area contributed by atoms with E-state index in [2.05, 4.69) is 36.5 Å². The lowest BCUT2D eigenvalue weighted by molar-refractivity contribution is -0.117. The topological polar surface area (TPSA) is 61.9 Å². The first-order chi connectivity index (χ1) is 14.1. The molecule has 0 radical (unpaired) electrons. The predicted molar refractivity (Wildman–Crippen MR) is 113 cm³/mol. The first kappa shape index (κ1) is 19.5. The van der Waals surface area contributed by atoms with Crippen molar-refractivity contribution in [3.8, 4) is 0 Å². The number of rotatable bonds is 4. The van der Waals surface area contributed by atoms with E-state index in [1.54, 1.807) is 9.80 Å². The second-order valence-electron chi connectivity index (χ2n) is 7.53. The highest BCUT2D eigenvalue weighted by molar-refractivity contribution is 5.96. The largest absolute Gasteiger partial charge is 0.370 e. The van der Waals surface area contributed by atoms with Crippen molar-refractivity contribution in [2.45, 2.75) is 32.3 Å². The molecular formula is C23H27N3O3.